The number of carbonyl (C=O) groups excluding carboxylic acids is 3. The number of rotatable bonds is 11. The minimum Gasteiger partial charge on any atom is -0.495 e. The molecule has 1 N–H and O–H groups in total. The SMILES string of the molecule is CCCCn1cc(-c2ccc(OC3CCN(CC4CCN(C(=O)c5ccc(OC)c(N6CCC(=O)NC6=O)c5)CC4)CC3)cc2)c2ccncc2c1=O. The maximum absolute atomic E-state index is 13.5. The first kappa shape index (κ1) is 36.1. The number of amides is 4. The van der Waals surface area contributed by atoms with Crippen LogP contribution in [-0.2, 0) is 11.3 Å². The summed E-state index contributed by atoms with van der Waals surface area (Å²) in [5.74, 6) is 1.48. The number of piperidine rings is 2. The molecule has 12 nitrogen and oxygen atoms in total. The first-order chi connectivity index (χ1) is 25.8. The number of methoxy groups -OCH3 is 1. The zero-order valence-corrected chi connectivity index (χ0v) is 30.6. The Morgan fingerprint density at radius 3 is 2.42 bits per heavy atom. The van der Waals surface area contributed by atoms with Crippen molar-refractivity contribution in [2.45, 2.75) is 64.5 Å². The number of aromatic nitrogens is 2. The Bertz CT molecular complexity index is 2010. The molecule has 0 radical (unpaired) electrons. The number of hydrogen-bond donors (Lipinski definition) is 1. The topological polar surface area (TPSA) is 126 Å². The zero-order chi connectivity index (χ0) is 36.9. The number of aryl methyl sites for hydroxylation is 1. The smallest absolute Gasteiger partial charge is 0.328 e. The second kappa shape index (κ2) is 16.2. The van der Waals surface area contributed by atoms with Crippen LogP contribution in [0.4, 0.5) is 10.5 Å². The summed E-state index contributed by atoms with van der Waals surface area (Å²) >= 11 is 0. The molecule has 0 bridgehead atoms. The number of ether oxygens (including phenoxy) is 2. The maximum atomic E-state index is 13.5. The van der Waals surface area contributed by atoms with Crippen molar-refractivity contribution in [2.24, 2.45) is 5.92 Å². The Hall–Kier alpha value is -5.23. The lowest BCUT2D eigenvalue weighted by atomic mass is 9.94. The lowest BCUT2D eigenvalue weighted by Gasteiger charge is -2.37. The second-order valence-electron chi connectivity index (χ2n) is 14.3. The summed E-state index contributed by atoms with van der Waals surface area (Å²) < 4.78 is 13.7. The van der Waals surface area contributed by atoms with E-state index in [0.717, 1.165) is 80.4 Å². The molecular weight excluding hydrogens is 672 g/mol. The second-order valence-corrected chi connectivity index (χ2v) is 14.3. The van der Waals surface area contributed by atoms with E-state index in [1.54, 1.807) is 30.6 Å². The van der Waals surface area contributed by atoms with Crippen molar-refractivity contribution in [3.63, 3.8) is 0 Å². The summed E-state index contributed by atoms with van der Waals surface area (Å²) in [5.41, 5.74) is 3.05. The molecule has 278 valence electrons. The third kappa shape index (κ3) is 8.07. The quantitative estimate of drug-likeness (QED) is 0.209. The maximum Gasteiger partial charge on any atom is 0.328 e. The summed E-state index contributed by atoms with van der Waals surface area (Å²) in [6, 6.07) is 14.8. The van der Waals surface area contributed by atoms with Crippen LogP contribution in [0.25, 0.3) is 21.9 Å². The number of carbonyl (C=O) groups is 3. The number of urea groups is 1. The van der Waals surface area contributed by atoms with E-state index in [1.807, 2.05) is 33.9 Å². The van der Waals surface area contributed by atoms with E-state index in [2.05, 4.69) is 34.3 Å². The number of anilines is 1. The Morgan fingerprint density at radius 1 is 0.925 bits per heavy atom. The van der Waals surface area contributed by atoms with Gasteiger partial charge in [0.25, 0.3) is 11.5 Å². The molecule has 7 rings (SSSR count). The minimum absolute atomic E-state index is 0.00369. The lowest BCUT2D eigenvalue weighted by molar-refractivity contribution is -0.120. The van der Waals surface area contributed by atoms with E-state index < -0.39 is 6.03 Å². The van der Waals surface area contributed by atoms with Gasteiger partial charge in [0.15, 0.2) is 0 Å². The number of likely N-dealkylation sites (tertiary alicyclic amines) is 2. The third-order valence-corrected chi connectivity index (χ3v) is 10.8. The van der Waals surface area contributed by atoms with E-state index >= 15 is 0 Å². The van der Waals surface area contributed by atoms with Crippen LogP contribution in [0.2, 0.25) is 0 Å². The van der Waals surface area contributed by atoms with Crippen molar-refractivity contribution in [3.05, 3.63) is 83.0 Å². The predicted octanol–water partition coefficient (Wildman–Crippen LogP) is 5.71. The molecule has 4 aromatic rings. The highest BCUT2D eigenvalue weighted by atomic mass is 16.5. The van der Waals surface area contributed by atoms with Crippen LogP contribution >= 0.6 is 0 Å². The molecular formula is C41H48N6O6. The van der Waals surface area contributed by atoms with Gasteiger partial charge in [-0.05, 0) is 85.4 Å². The number of unbranched alkanes of at least 4 members (excludes halogenated alkanes) is 1. The van der Waals surface area contributed by atoms with Gasteiger partial charge in [-0.2, -0.15) is 0 Å². The molecule has 0 atom stereocenters. The normalized spacial score (nSPS) is 17.6. The van der Waals surface area contributed by atoms with E-state index in [0.29, 0.717) is 47.9 Å². The minimum atomic E-state index is -0.512. The average molecular weight is 721 g/mol. The molecule has 53 heavy (non-hydrogen) atoms. The molecule has 2 aromatic carbocycles. The number of hydrogen-bond acceptors (Lipinski definition) is 8. The lowest BCUT2D eigenvalue weighted by Crippen LogP contribution is -2.49. The van der Waals surface area contributed by atoms with Gasteiger partial charge in [0, 0.05) is 82.0 Å². The van der Waals surface area contributed by atoms with E-state index in [-0.39, 0.29) is 36.4 Å². The molecule has 0 unspecified atom stereocenters. The Morgan fingerprint density at radius 2 is 1.70 bits per heavy atom. The van der Waals surface area contributed by atoms with Crippen LogP contribution in [0.1, 0.15) is 62.2 Å². The first-order valence-electron chi connectivity index (χ1n) is 18.9. The van der Waals surface area contributed by atoms with Gasteiger partial charge in [0.05, 0.1) is 18.2 Å². The van der Waals surface area contributed by atoms with Crippen LogP contribution in [0.15, 0.2) is 71.9 Å². The fourth-order valence-corrected chi connectivity index (χ4v) is 7.77. The van der Waals surface area contributed by atoms with Gasteiger partial charge in [-0.15, -0.1) is 0 Å². The van der Waals surface area contributed by atoms with Crippen LogP contribution in [0.3, 0.4) is 0 Å². The van der Waals surface area contributed by atoms with E-state index in [4.69, 9.17) is 9.47 Å². The highest BCUT2D eigenvalue weighted by Gasteiger charge is 2.30. The number of fused-ring (bicyclic) bond motifs is 1. The molecule has 5 heterocycles. The van der Waals surface area contributed by atoms with E-state index in [9.17, 15) is 19.2 Å². The fraction of sp³-hybridized carbons (Fsp3) is 0.439. The van der Waals surface area contributed by atoms with Crippen molar-refractivity contribution in [1.29, 1.82) is 0 Å². The number of pyridine rings is 2. The van der Waals surface area contributed by atoms with Crippen LogP contribution in [-0.4, -0.2) is 89.7 Å². The first-order valence-corrected chi connectivity index (χ1v) is 18.9. The Kier molecular flexibility index (Phi) is 11.0. The van der Waals surface area contributed by atoms with E-state index in [1.165, 1.54) is 12.0 Å². The molecule has 2 aromatic heterocycles. The van der Waals surface area contributed by atoms with Crippen LogP contribution in [0.5, 0.6) is 11.5 Å². The van der Waals surface area contributed by atoms with Crippen molar-refractivity contribution in [3.8, 4) is 22.6 Å². The average Bonchev–Trinajstić information content (AvgIpc) is 3.19. The summed E-state index contributed by atoms with van der Waals surface area (Å²) in [6.45, 7) is 7.39. The molecule has 12 heteroatoms. The summed E-state index contributed by atoms with van der Waals surface area (Å²) in [7, 11) is 1.52. The Labute approximate surface area is 309 Å². The molecule has 4 amide bonds. The zero-order valence-electron chi connectivity index (χ0n) is 30.6. The van der Waals surface area contributed by atoms with Gasteiger partial charge in [-0.3, -0.25) is 29.6 Å². The molecule has 3 fully saturated rings. The van der Waals surface area contributed by atoms with Gasteiger partial charge in [-0.1, -0.05) is 25.5 Å². The van der Waals surface area contributed by atoms with Crippen molar-refractivity contribution >= 4 is 34.3 Å². The Balaban J connectivity index is 0.893. The van der Waals surface area contributed by atoms with Crippen LogP contribution < -0.4 is 25.2 Å². The van der Waals surface area contributed by atoms with Gasteiger partial charge < -0.3 is 23.8 Å². The fourth-order valence-electron chi connectivity index (χ4n) is 7.77. The number of nitrogens with one attached hydrogen (secondary N) is 1. The highest BCUT2D eigenvalue weighted by molar-refractivity contribution is 6.07. The molecule has 0 spiro atoms. The number of benzene rings is 2. The van der Waals surface area contributed by atoms with Gasteiger partial charge in [-0.25, -0.2) is 4.79 Å². The molecule has 3 saturated heterocycles. The van der Waals surface area contributed by atoms with Gasteiger partial charge in [0.2, 0.25) is 5.91 Å². The standard InChI is InChI=1S/C41H48N6O6/c1-3-4-18-46-27-35(33-11-17-42-25-34(33)40(46)50)29-5-8-31(9-6-29)53-32-14-19-44(20-15-32)26-28-12-21-45(22-13-28)39(49)30-7-10-37(52-2)36(24-30)47-23-16-38(48)43-41(47)51/h5-11,17,24-25,27-28,32H,3-4,12-16,18-23,26H2,1-2H3,(H,43,48,51). The largest absolute Gasteiger partial charge is 0.495 e. The molecule has 3 aliphatic heterocycles. The number of nitrogens with zero attached hydrogens (tertiary/aromatic N) is 5. The third-order valence-electron chi connectivity index (χ3n) is 10.8. The predicted molar refractivity (Wildman–Crippen MR) is 204 cm³/mol. The molecule has 3 aliphatic rings. The highest BCUT2D eigenvalue weighted by Crippen LogP contribution is 2.33. The van der Waals surface area contributed by atoms with Crippen molar-refractivity contribution in [1.82, 2.24) is 24.7 Å². The molecule has 0 aliphatic carbocycles. The van der Waals surface area contributed by atoms with Gasteiger partial charge in [0.1, 0.15) is 17.6 Å². The molecule has 0 saturated carbocycles. The van der Waals surface area contributed by atoms with Crippen molar-refractivity contribution < 1.29 is 23.9 Å². The summed E-state index contributed by atoms with van der Waals surface area (Å²) in [4.78, 5) is 60.9. The summed E-state index contributed by atoms with van der Waals surface area (Å²) in [5, 5.41) is 3.89. The van der Waals surface area contributed by atoms with Crippen molar-refractivity contribution in [2.75, 3.05) is 51.3 Å². The number of imide groups is 1. The summed E-state index contributed by atoms with van der Waals surface area (Å²) in [6.07, 6.45) is 11.5. The monoisotopic (exact) mass is 720 g/mol. The van der Waals surface area contributed by atoms with Crippen LogP contribution in [0, 0.1) is 5.92 Å². The van der Waals surface area contributed by atoms with Gasteiger partial charge >= 0.3 is 6.03 Å².